The normalized spacial score (nSPS) is 9.74. The van der Waals surface area contributed by atoms with Crippen LogP contribution < -0.4 is 0 Å². The molecule has 0 amide bonds. The zero-order valence-electron chi connectivity index (χ0n) is 16.4. The van der Waals surface area contributed by atoms with Gasteiger partial charge in [0, 0.05) is 18.2 Å². The molecule has 0 bridgehead atoms. The van der Waals surface area contributed by atoms with Crippen molar-refractivity contribution in [2.45, 2.75) is 105 Å². The third-order valence-corrected chi connectivity index (χ3v) is 3.80. The molecule has 0 heterocycles. The van der Waals surface area contributed by atoms with Crippen molar-refractivity contribution in [3.63, 3.8) is 0 Å². The molecule has 0 aromatic rings. The molecule has 0 rings (SSSR count). The third kappa shape index (κ3) is 44.9. The molecule has 0 aromatic carbocycles. The summed E-state index contributed by atoms with van der Waals surface area (Å²) < 4.78 is 0. The molecule has 0 aliphatic carbocycles. The average molecular weight is 369 g/mol. The van der Waals surface area contributed by atoms with E-state index in [1.54, 1.807) is 6.92 Å². The van der Waals surface area contributed by atoms with E-state index in [4.69, 9.17) is 23.2 Å². The van der Waals surface area contributed by atoms with Crippen LogP contribution >= 0.6 is 23.2 Å². The van der Waals surface area contributed by atoms with E-state index in [2.05, 4.69) is 13.8 Å². The van der Waals surface area contributed by atoms with Crippen LogP contribution in [0.1, 0.15) is 105 Å². The SMILES string of the molecule is CC(=O)CC(C)C.CCCCCCCCCCCC.ClCCCl. The van der Waals surface area contributed by atoms with Crippen molar-refractivity contribution in [1.29, 1.82) is 0 Å². The lowest BCUT2D eigenvalue weighted by atomic mass is 10.1. The van der Waals surface area contributed by atoms with Crippen LogP contribution in [0.5, 0.6) is 0 Å². The summed E-state index contributed by atoms with van der Waals surface area (Å²) in [7, 11) is 0. The number of unbranched alkanes of at least 4 members (excludes halogenated alkanes) is 9. The van der Waals surface area contributed by atoms with E-state index in [1.165, 1.54) is 64.2 Å². The first-order valence-corrected chi connectivity index (χ1v) is 10.6. The third-order valence-electron chi connectivity index (χ3n) is 3.22. The highest BCUT2D eigenvalue weighted by atomic mass is 35.5. The van der Waals surface area contributed by atoms with E-state index < -0.39 is 0 Å². The summed E-state index contributed by atoms with van der Waals surface area (Å²) in [6.07, 6.45) is 15.2. The van der Waals surface area contributed by atoms with Gasteiger partial charge in [0.25, 0.3) is 0 Å². The maximum atomic E-state index is 10.3. The van der Waals surface area contributed by atoms with Crippen LogP contribution in [0.25, 0.3) is 0 Å². The molecule has 142 valence electrons. The highest BCUT2D eigenvalue weighted by Gasteiger charge is 1.95. The summed E-state index contributed by atoms with van der Waals surface area (Å²) in [4.78, 5) is 10.3. The number of alkyl halides is 2. The average Bonchev–Trinajstić information content (AvgIpc) is 2.49. The Kier molecular flexibility index (Phi) is 33.1. The second kappa shape index (κ2) is 27.1. The van der Waals surface area contributed by atoms with Crippen LogP contribution in [0.4, 0.5) is 0 Å². The first kappa shape index (κ1) is 28.1. The second-order valence-corrected chi connectivity index (χ2v) is 7.26. The predicted octanol–water partition coefficient (Wildman–Crippen LogP) is 8.01. The van der Waals surface area contributed by atoms with Gasteiger partial charge in [-0.05, 0) is 12.8 Å². The zero-order chi connectivity index (χ0) is 18.3. The van der Waals surface area contributed by atoms with Crippen molar-refractivity contribution >= 4 is 29.0 Å². The largest absolute Gasteiger partial charge is 0.300 e. The smallest absolute Gasteiger partial charge is 0.130 e. The van der Waals surface area contributed by atoms with Crippen molar-refractivity contribution in [3.8, 4) is 0 Å². The number of halogens is 2. The Morgan fingerprint density at radius 3 is 1.17 bits per heavy atom. The molecule has 0 fully saturated rings. The maximum Gasteiger partial charge on any atom is 0.130 e. The molecule has 0 spiro atoms. The Bertz CT molecular complexity index is 194. The number of carbonyl (C=O) groups is 1. The summed E-state index contributed by atoms with van der Waals surface area (Å²) in [6.45, 7) is 10.3. The lowest BCUT2D eigenvalue weighted by Crippen LogP contribution is -1.95. The molecule has 1 nitrogen and oxygen atoms in total. The Morgan fingerprint density at radius 1 is 0.739 bits per heavy atom. The van der Waals surface area contributed by atoms with Crippen molar-refractivity contribution in [2.75, 3.05) is 11.8 Å². The topological polar surface area (TPSA) is 17.1 Å². The fourth-order valence-corrected chi connectivity index (χ4v) is 2.14. The minimum atomic E-state index is 0.287. The van der Waals surface area contributed by atoms with Crippen molar-refractivity contribution in [1.82, 2.24) is 0 Å². The van der Waals surface area contributed by atoms with Crippen molar-refractivity contribution in [3.05, 3.63) is 0 Å². The molecular formula is C20H42Cl2O. The van der Waals surface area contributed by atoms with Crippen LogP contribution in [0.15, 0.2) is 0 Å². The maximum absolute atomic E-state index is 10.3. The molecular weight excluding hydrogens is 327 g/mol. The lowest BCUT2D eigenvalue weighted by Gasteiger charge is -1.99. The lowest BCUT2D eigenvalue weighted by molar-refractivity contribution is -0.117. The monoisotopic (exact) mass is 368 g/mol. The summed E-state index contributed by atoms with van der Waals surface area (Å²) in [5, 5.41) is 0. The Labute approximate surface area is 156 Å². The predicted molar refractivity (Wildman–Crippen MR) is 109 cm³/mol. The molecule has 23 heavy (non-hydrogen) atoms. The van der Waals surface area contributed by atoms with Crippen LogP contribution in [-0.2, 0) is 4.79 Å². The van der Waals surface area contributed by atoms with Crippen LogP contribution in [0.3, 0.4) is 0 Å². The van der Waals surface area contributed by atoms with Crippen molar-refractivity contribution < 1.29 is 4.79 Å². The standard InChI is InChI=1S/C12H26.C6H12O.C2H4Cl2/c1-3-5-7-9-11-12-10-8-6-4-2;1-5(2)4-6(3)7;3-1-2-4/h3-12H2,1-2H3;5H,4H2,1-3H3;1-2H2. The Hall–Kier alpha value is 0.250. The molecule has 0 aliphatic heterocycles. The summed E-state index contributed by atoms with van der Waals surface area (Å²) in [6, 6.07) is 0. The van der Waals surface area contributed by atoms with E-state index in [1.807, 2.05) is 13.8 Å². The van der Waals surface area contributed by atoms with Gasteiger partial charge in [0.1, 0.15) is 5.78 Å². The highest BCUT2D eigenvalue weighted by molar-refractivity contribution is 6.25. The first-order valence-electron chi connectivity index (χ1n) is 9.57. The van der Waals surface area contributed by atoms with Gasteiger partial charge in [-0.15, -0.1) is 23.2 Å². The van der Waals surface area contributed by atoms with Crippen molar-refractivity contribution in [2.24, 2.45) is 5.92 Å². The molecule has 0 aromatic heterocycles. The minimum Gasteiger partial charge on any atom is -0.300 e. The molecule has 3 heteroatoms. The Morgan fingerprint density at radius 2 is 1.04 bits per heavy atom. The molecule has 0 radical (unpaired) electrons. The number of hydrogen-bond acceptors (Lipinski definition) is 1. The van der Waals surface area contributed by atoms with Gasteiger partial charge >= 0.3 is 0 Å². The van der Waals surface area contributed by atoms with Gasteiger partial charge < -0.3 is 4.79 Å². The van der Waals surface area contributed by atoms with E-state index in [0.717, 1.165) is 6.42 Å². The first-order chi connectivity index (χ1) is 11.0. The van der Waals surface area contributed by atoms with Crippen LogP contribution in [-0.4, -0.2) is 17.5 Å². The Balaban J connectivity index is -0.000000307. The van der Waals surface area contributed by atoms with Gasteiger partial charge in [-0.1, -0.05) is 91.9 Å². The fourth-order valence-electron chi connectivity index (χ4n) is 2.14. The van der Waals surface area contributed by atoms with Crippen LogP contribution in [0.2, 0.25) is 0 Å². The zero-order valence-corrected chi connectivity index (χ0v) is 17.9. The van der Waals surface area contributed by atoms with Gasteiger partial charge in [-0.25, -0.2) is 0 Å². The molecule has 0 unspecified atom stereocenters. The number of rotatable bonds is 12. The highest BCUT2D eigenvalue weighted by Crippen LogP contribution is 2.09. The molecule has 0 aliphatic rings. The summed E-state index contributed by atoms with van der Waals surface area (Å²) in [5.41, 5.74) is 0. The summed E-state index contributed by atoms with van der Waals surface area (Å²) in [5.74, 6) is 1.93. The van der Waals surface area contributed by atoms with E-state index in [9.17, 15) is 4.79 Å². The van der Waals surface area contributed by atoms with Gasteiger partial charge in [-0.2, -0.15) is 0 Å². The van der Waals surface area contributed by atoms with E-state index >= 15 is 0 Å². The molecule has 0 saturated heterocycles. The van der Waals surface area contributed by atoms with E-state index in [-0.39, 0.29) is 5.78 Å². The molecule has 0 atom stereocenters. The minimum absolute atomic E-state index is 0.287. The fraction of sp³-hybridized carbons (Fsp3) is 0.950. The van der Waals surface area contributed by atoms with Gasteiger partial charge in [0.2, 0.25) is 0 Å². The number of hydrogen-bond donors (Lipinski definition) is 0. The second-order valence-electron chi connectivity index (χ2n) is 6.51. The summed E-state index contributed by atoms with van der Waals surface area (Å²) >= 11 is 10.1. The quantitative estimate of drug-likeness (QED) is 0.251. The number of ketones is 1. The molecule has 0 N–H and O–H groups in total. The van der Waals surface area contributed by atoms with E-state index in [0.29, 0.717) is 17.7 Å². The number of Topliss-reactive ketones (excluding diaryl/α,β-unsaturated/α-hetero) is 1. The van der Waals surface area contributed by atoms with Gasteiger partial charge in [-0.3, -0.25) is 0 Å². The van der Waals surface area contributed by atoms with Gasteiger partial charge in [0.05, 0.1) is 0 Å². The van der Waals surface area contributed by atoms with Crippen LogP contribution in [0, 0.1) is 5.92 Å². The van der Waals surface area contributed by atoms with Gasteiger partial charge in [0.15, 0.2) is 0 Å². The number of carbonyl (C=O) groups excluding carboxylic acids is 1. The molecule has 0 saturated carbocycles.